The van der Waals surface area contributed by atoms with Crippen molar-refractivity contribution in [3.8, 4) is 5.75 Å². The Kier molecular flexibility index (Phi) is 4.82. The zero-order valence-corrected chi connectivity index (χ0v) is 11.8. The molecule has 0 aliphatic rings. The number of aryl methyl sites for hydroxylation is 1. The minimum absolute atomic E-state index is 0.0144. The van der Waals surface area contributed by atoms with Crippen LogP contribution >= 0.6 is 0 Å². The van der Waals surface area contributed by atoms with Gasteiger partial charge in [0.25, 0.3) is 0 Å². The SMILES string of the molecule is CC(C)Oc1ccccc1NC(=O)CCc1ccc[nH]1. The number of hydrogen-bond acceptors (Lipinski definition) is 2. The second-order valence-corrected chi connectivity index (χ2v) is 4.91. The lowest BCUT2D eigenvalue weighted by Gasteiger charge is -2.14. The summed E-state index contributed by atoms with van der Waals surface area (Å²) in [6, 6.07) is 11.4. The van der Waals surface area contributed by atoms with Gasteiger partial charge in [-0.05, 0) is 44.5 Å². The molecule has 4 nitrogen and oxygen atoms in total. The largest absolute Gasteiger partial charge is 0.489 e. The minimum atomic E-state index is -0.0144. The highest BCUT2D eigenvalue weighted by atomic mass is 16.5. The van der Waals surface area contributed by atoms with Crippen LogP contribution in [-0.2, 0) is 11.2 Å². The van der Waals surface area contributed by atoms with Crippen molar-refractivity contribution in [1.82, 2.24) is 4.98 Å². The lowest BCUT2D eigenvalue weighted by molar-refractivity contribution is -0.116. The highest BCUT2D eigenvalue weighted by molar-refractivity contribution is 5.92. The summed E-state index contributed by atoms with van der Waals surface area (Å²) in [5, 5.41) is 2.90. The van der Waals surface area contributed by atoms with Gasteiger partial charge in [-0.25, -0.2) is 0 Å². The standard InChI is InChI=1S/C16H20N2O2/c1-12(2)20-15-8-4-3-7-14(15)18-16(19)10-9-13-6-5-11-17-13/h3-8,11-12,17H,9-10H2,1-2H3,(H,18,19). The summed E-state index contributed by atoms with van der Waals surface area (Å²) in [7, 11) is 0. The van der Waals surface area contributed by atoms with Crippen molar-refractivity contribution in [2.24, 2.45) is 0 Å². The van der Waals surface area contributed by atoms with E-state index in [1.807, 2.05) is 56.4 Å². The van der Waals surface area contributed by atoms with Gasteiger partial charge in [-0.2, -0.15) is 0 Å². The van der Waals surface area contributed by atoms with Crippen molar-refractivity contribution in [2.75, 3.05) is 5.32 Å². The van der Waals surface area contributed by atoms with Gasteiger partial charge in [0.2, 0.25) is 5.91 Å². The quantitative estimate of drug-likeness (QED) is 0.847. The summed E-state index contributed by atoms with van der Waals surface area (Å²) >= 11 is 0. The zero-order valence-electron chi connectivity index (χ0n) is 11.8. The van der Waals surface area contributed by atoms with Crippen molar-refractivity contribution in [2.45, 2.75) is 32.8 Å². The smallest absolute Gasteiger partial charge is 0.224 e. The minimum Gasteiger partial charge on any atom is -0.489 e. The normalized spacial score (nSPS) is 10.6. The van der Waals surface area contributed by atoms with Gasteiger partial charge >= 0.3 is 0 Å². The average molecular weight is 272 g/mol. The van der Waals surface area contributed by atoms with E-state index in [0.29, 0.717) is 18.6 Å². The maximum Gasteiger partial charge on any atom is 0.224 e. The van der Waals surface area contributed by atoms with E-state index in [0.717, 1.165) is 11.4 Å². The van der Waals surface area contributed by atoms with Crippen LogP contribution in [0.2, 0.25) is 0 Å². The summed E-state index contributed by atoms with van der Waals surface area (Å²) in [5.41, 5.74) is 1.78. The van der Waals surface area contributed by atoms with Crippen LogP contribution in [0.3, 0.4) is 0 Å². The molecule has 2 aromatic rings. The third-order valence-corrected chi connectivity index (χ3v) is 2.81. The molecule has 0 fully saturated rings. The van der Waals surface area contributed by atoms with Crippen LogP contribution in [0.15, 0.2) is 42.6 Å². The van der Waals surface area contributed by atoms with Gasteiger partial charge in [0.05, 0.1) is 11.8 Å². The predicted molar refractivity (Wildman–Crippen MR) is 79.9 cm³/mol. The van der Waals surface area contributed by atoms with Crippen molar-refractivity contribution < 1.29 is 9.53 Å². The highest BCUT2D eigenvalue weighted by Gasteiger charge is 2.09. The van der Waals surface area contributed by atoms with E-state index >= 15 is 0 Å². The van der Waals surface area contributed by atoms with Crippen molar-refractivity contribution in [3.63, 3.8) is 0 Å². The fourth-order valence-electron chi connectivity index (χ4n) is 1.91. The number of rotatable bonds is 6. The Morgan fingerprint density at radius 1 is 1.25 bits per heavy atom. The maximum atomic E-state index is 12.0. The Hall–Kier alpha value is -2.23. The third-order valence-electron chi connectivity index (χ3n) is 2.81. The van der Waals surface area contributed by atoms with Crippen LogP contribution in [0, 0.1) is 0 Å². The van der Waals surface area contributed by atoms with Gasteiger partial charge in [0, 0.05) is 18.3 Å². The molecule has 0 spiro atoms. The van der Waals surface area contributed by atoms with Crippen LogP contribution < -0.4 is 10.1 Å². The molecule has 0 aliphatic carbocycles. The zero-order chi connectivity index (χ0) is 14.4. The van der Waals surface area contributed by atoms with Gasteiger partial charge in [0.15, 0.2) is 0 Å². The van der Waals surface area contributed by atoms with Gasteiger partial charge < -0.3 is 15.0 Å². The molecule has 20 heavy (non-hydrogen) atoms. The Morgan fingerprint density at radius 2 is 2.05 bits per heavy atom. The number of hydrogen-bond donors (Lipinski definition) is 2. The van der Waals surface area contributed by atoms with E-state index in [9.17, 15) is 4.79 Å². The van der Waals surface area contributed by atoms with Crippen LogP contribution in [-0.4, -0.2) is 17.0 Å². The highest BCUT2D eigenvalue weighted by Crippen LogP contribution is 2.25. The first-order valence-corrected chi connectivity index (χ1v) is 6.83. The number of para-hydroxylation sites is 2. The van der Waals surface area contributed by atoms with Crippen LogP contribution in [0.25, 0.3) is 0 Å². The molecular weight excluding hydrogens is 252 g/mol. The molecule has 2 N–H and O–H groups in total. The molecule has 0 radical (unpaired) electrons. The number of benzene rings is 1. The number of anilines is 1. The molecular formula is C16H20N2O2. The molecule has 1 amide bonds. The Morgan fingerprint density at radius 3 is 2.75 bits per heavy atom. The molecule has 4 heteroatoms. The molecule has 0 bridgehead atoms. The fourth-order valence-corrected chi connectivity index (χ4v) is 1.91. The van der Waals surface area contributed by atoms with Crippen LogP contribution in [0.5, 0.6) is 5.75 Å². The van der Waals surface area contributed by atoms with Crippen molar-refractivity contribution >= 4 is 11.6 Å². The summed E-state index contributed by atoms with van der Waals surface area (Å²) in [4.78, 5) is 15.1. The molecule has 0 unspecified atom stereocenters. The van der Waals surface area contributed by atoms with Crippen molar-refractivity contribution in [1.29, 1.82) is 0 Å². The van der Waals surface area contributed by atoms with Crippen molar-refractivity contribution in [3.05, 3.63) is 48.3 Å². The Labute approximate surface area is 119 Å². The van der Waals surface area contributed by atoms with Crippen LogP contribution in [0.4, 0.5) is 5.69 Å². The van der Waals surface area contributed by atoms with Gasteiger partial charge in [-0.3, -0.25) is 4.79 Å². The van der Waals surface area contributed by atoms with E-state index in [4.69, 9.17) is 4.74 Å². The molecule has 0 atom stereocenters. The van der Waals surface area contributed by atoms with E-state index in [-0.39, 0.29) is 12.0 Å². The van der Waals surface area contributed by atoms with Gasteiger partial charge in [-0.1, -0.05) is 12.1 Å². The van der Waals surface area contributed by atoms with E-state index < -0.39 is 0 Å². The fraction of sp³-hybridized carbons (Fsp3) is 0.312. The first kappa shape index (κ1) is 14.2. The number of H-pyrrole nitrogens is 1. The average Bonchev–Trinajstić information content (AvgIpc) is 2.91. The van der Waals surface area contributed by atoms with E-state index in [1.165, 1.54) is 0 Å². The van der Waals surface area contributed by atoms with Crippen LogP contribution in [0.1, 0.15) is 26.0 Å². The van der Waals surface area contributed by atoms with Gasteiger partial charge in [0.1, 0.15) is 5.75 Å². The number of ether oxygens (including phenoxy) is 1. The summed E-state index contributed by atoms with van der Waals surface area (Å²) in [6.45, 7) is 3.92. The van der Waals surface area contributed by atoms with Gasteiger partial charge in [-0.15, -0.1) is 0 Å². The first-order valence-electron chi connectivity index (χ1n) is 6.83. The Bertz CT molecular complexity index is 547. The molecule has 1 aromatic carbocycles. The number of aromatic nitrogens is 1. The molecule has 0 saturated carbocycles. The van der Waals surface area contributed by atoms with E-state index in [2.05, 4.69) is 10.3 Å². The monoisotopic (exact) mass is 272 g/mol. The topological polar surface area (TPSA) is 54.1 Å². The summed E-state index contributed by atoms with van der Waals surface area (Å²) in [5.74, 6) is 0.690. The maximum absolute atomic E-state index is 12.0. The second-order valence-electron chi connectivity index (χ2n) is 4.91. The third kappa shape index (κ3) is 4.16. The number of amides is 1. The summed E-state index contributed by atoms with van der Waals surface area (Å²) in [6.07, 6.45) is 3.08. The molecule has 106 valence electrons. The second kappa shape index (κ2) is 6.80. The Balaban J connectivity index is 1.93. The molecule has 2 rings (SSSR count). The number of carbonyl (C=O) groups excluding carboxylic acids is 1. The molecule has 1 heterocycles. The lowest BCUT2D eigenvalue weighted by atomic mass is 10.2. The molecule has 1 aromatic heterocycles. The molecule has 0 saturated heterocycles. The first-order chi connectivity index (χ1) is 9.65. The number of carbonyl (C=O) groups is 1. The molecule has 0 aliphatic heterocycles. The summed E-state index contributed by atoms with van der Waals surface area (Å²) < 4.78 is 5.68. The predicted octanol–water partition coefficient (Wildman–Crippen LogP) is 3.37. The number of aromatic amines is 1. The lowest BCUT2D eigenvalue weighted by Crippen LogP contribution is -2.14. The van der Waals surface area contributed by atoms with E-state index in [1.54, 1.807) is 0 Å². The number of nitrogens with one attached hydrogen (secondary N) is 2.